The smallest absolute Gasteiger partial charge is 0.328 e. The van der Waals surface area contributed by atoms with Crippen molar-refractivity contribution in [3.8, 4) is 0 Å². The highest BCUT2D eigenvalue weighted by Crippen LogP contribution is 2.16. The van der Waals surface area contributed by atoms with E-state index in [0.717, 1.165) is 11.3 Å². The van der Waals surface area contributed by atoms with E-state index in [-0.39, 0.29) is 17.9 Å². The molecule has 1 aliphatic heterocycles. The van der Waals surface area contributed by atoms with Gasteiger partial charge in [0.15, 0.2) is 0 Å². The zero-order valence-corrected chi connectivity index (χ0v) is 13.8. The Morgan fingerprint density at radius 3 is 2.61 bits per heavy atom. The summed E-state index contributed by atoms with van der Waals surface area (Å²) in [5, 5.41) is 6.12. The molecule has 124 valence electrons. The Balaban J connectivity index is 2.09. The lowest BCUT2D eigenvalue weighted by Crippen LogP contribution is -2.43. The van der Waals surface area contributed by atoms with Crippen molar-refractivity contribution in [1.82, 2.24) is 10.6 Å². The molecule has 23 heavy (non-hydrogen) atoms. The SMILES string of the molecule is COC(=O)[C@H](CC(C)C)NC1=CC(=O)N[C@H]1Cc1ccccc1. The van der Waals surface area contributed by atoms with Gasteiger partial charge < -0.3 is 15.4 Å². The summed E-state index contributed by atoms with van der Waals surface area (Å²) in [5.74, 6) is -0.108. The third-order valence-corrected chi connectivity index (χ3v) is 3.79. The van der Waals surface area contributed by atoms with E-state index >= 15 is 0 Å². The van der Waals surface area contributed by atoms with Gasteiger partial charge in [0, 0.05) is 11.8 Å². The van der Waals surface area contributed by atoms with Crippen LogP contribution in [0.5, 0.6) is 0 Å². The van der Waals surface area contributed by atoms with E-state index in [4.69, 9.17) is 4.74 Å². The fourth-order valence-corrected chi connectivity index (χ4v) is 2.71. The van der Waals surface area contributed by atoms with E-state index in [1.54, 1.807) is 0 Å². The first-order chi connectivity index (χ1) is 11.0. The Hall–Kier alpha value is -2.30. The van der Waals surface area contributed by atoms with Crippen LogP contribution in [0.1, 0.15) is 25.8 Å². The van der Waals surface area contributed by atoms with Crippen LogP contribution in [0, 0.1) is 5.92 Å². The molecule has 1 amide bonds. The van der Waals surface area contributed by atoms with Crippen molar-refractivity contribution in [2.45, 2.75) is 38.8 Å². The molecule has 2 atom stereocenters. The van der Waals surface area contributed by atoms with Crippen molar-refractivity contribution >= 4 is 11.9 Å². The molecule has 0 radical (unpaired) electrons. The molecule has 0 saturated heterocycles. The largest absolute Gasteiger partial charge is 0.467 e. The topological polar surface area (TPSA) is 67.4 Å². The van der Waals surface area contributed by atoms with Crippen molar-refractivity contribution in [2.75, 3.05) is 7.11 Å². The maximum Gasteiger partial charge on any atom is 0.328 e. The number of carbonyl (C=O) groups is 2. The summed E-state index contributed by atoms with van der Waals surface area (Å²) in [6.45, 7) is 4.09. The van der Waals surface area contributed by atoms with Gasteiger partial charge in [-0.1, -0.05) is 44.2 Å². The van der Waals surface area contributed by atoms with Gasteiger partial charge in [-0.2, -0.15) is 0 Å². The molecule has 0 unspecified atom stereocenters. The first-order valence-electron chi connectivity index (χ1n) is 7.90. The standard InChI is InChI=1S/C18H24N2O3/c1-12(2)9-16(18(22)23-3)19-15-11-17(21)20-14(15)10-13-7-5-4-6-8-13/h4-8,11-12,14,16,19H,9-10H2,1-3H3,(H,20,21)/t14-,16-/m0/s1. The maximum atomic E-state index is 12.0. The fraction of sp³-hybridized carbons (Fsp3) is 0.444. The highest BCUT2D eigenvalue weighted by atomic mass is 16.5. The van der Waals surface area contributed by atoms with Crippen molar-refractivity contribution < 1.29 is 14.3 Å². The highest BCUT2D eigenvalue weighted by Gasteiger charge is 2.29. The molecule has 0 aliphatic carbocycles. The number of esters is 1. The molecule has 0 bridgehead atoms. The molecule has 0 fully saturated rings. The minimum absolute atomic E-state index is 0.137. The highest BCUT2D eigenvalue weighted by molar-refractivity contribution is 5.92. The second-order valence-electron chi connectivity index (χ2n) is 6.20. The molecule has 0 aromatic heterocycles. The number of benzene rings is 1. The summed E-state index contributed by atoms with van der Waals surface area (Å²) in [6.07, 6.45) is 2.86. The monoisotopic (exact) mass is 316 g/mol. The molecule has 2 rings (SSSR count). The summed E-state index contributed by atoms with van der Waals surface area (Å²) in [7, 11) is 1.38. The number of rotatable bonds is 7. The van der Waals surface area contributed by atoms with Crippen molar-refractivity contribution in [3.05, 3.63) is 47.7 Å². The summed E-state index contributed by atoms with van der Waals surface area (Å²) in [5.41, 5.74) is 1.88. The summed E-state index contributed by atoms with van der Waals surface area (Å²) >= 11 is 0. The van der Waals surface area contributed by atoms with Gasteiger partial charge in [0.05, 0.1) is 13.2 Å². The molecule has 1 aromatic carbocycles. The van der Waals surface area contributed by atoms with Gasteiger partial charge in [-0.05, 0) is 24.3 Å². The van der Waals surface area contributed by atoms with Crippen LogP contribution in [0.2, 0.25) is 0 Å². The average Bonchev–Trinajstić information content (AvgIpc) is 2.85. The normalized spacial score (nSPS) is 18.3. The quantitative estimate of drug-likeness (QED) is 0.753. The Morgan fingerprint density at radius 1 is 1.30 bits per heavy atom. The Bertz CT molecular complexity index is 581. The molecule has 2 N–H and O–H groups in total. The van der Waals surface area contributed by atoms with Crippen LogP contribution in [0.3, 0.4) is 0 Å². The maximum absolute atomic E-state index is 12.0. The van der Waals surface area contributed by atoms with Crippen LogP contribution in [0.4, 0.5) is 0 Å². The average molecular weight is 316 g/mol. The Kier molecular flexibility index (Phi) is 5.79. The molecule has 5 heteroatoms. The van der Waals surface area contributed by atoms with Crippen molar-refractivity contribution in [2.24, 2.45) is 5.92 Å². The summed E-state index contributed by atoms with van der Waals surface area (Å²) in [4.78, 5) is 23.7. The lowest BCUT2D eigenvalue weighted by molar-refractivity contribution is -0.143. The molecular formula is C18H24N2O3. The van der Waals surface area contributed by atoms with Gasteiger partial charge in [0.25, 0.3) is 0 Å². The van der Waals surface area contributed by atoms with Crippen LogP contribution < -0.4 is 10.6 Å². The minimum atomic E-state index is -0.447. The predicted molar refractivity (Wildman–Crippen MR) is 88.6 cm³/mol. The van der Waals surface area contributed by atoms with Gasteiger partial charge in [0.2, 0.25) is 5.91 Å². The van der Waals surface area contributed by atoms with Crippen molar-refractivity contribution in [1.29, 1.82) is 0 Å². The fourth-order valence-electron chi connectivity index (χ4n) is 2.71. The van der Waals surface area contributed by atoms with Gasteiger partial charge >= 0.3 is 5.97 Å². The third-order valence-electron chi connectivity index (χ3n) is 3.79. The molecule has 0 spiro atoms. The molecular weight excluding hydrogens is 292 g/mol. The van der Waals surface area contributed by atoms with E-state index in [1.165, 1.54) is 13.2 Å². The number of nitrogens with one attached hydrogen (secondary N) is 2. The molecule has 1 aromatic rings. The third kappa shape index (κ3) is 4.84. The van der Waals surface area contributed by atoms with E-state index in [1.807, 2.05) is 44.2 Å². The van der Waals surface area contributed by atoms with Crippen LogP contribution in [0.15, 0.2) is 42.1 Å². The van der Waals surface area contributed by atoms with Crippen LogP contribution in [0.25, 0.3) is 0 Å². The zero-order chi connectivity index (χ0) is 16.8. The Labute approximate surface area is 137 Å². The number of amides is 1. The molecule has 0 saturated carbocycles. The van der Waals surface area contributed by atoms with Gasteiger partial charge in [0.1, 0.15) is 6.04 Å². The summed E-state index contributed by atoms with van der Waals surface area (Å²) in [6, 6.07) is 9.35. The van der Waals surface area contributed by atoms with Crippen LogP contribution in [-0.2, 0) is 20.7 Å². The summed E-state index contributed by atoms with van der Waals surface area (Å²) < 4.78 is 4.87. The number of hydrogen-bond donors (Lipinski definition) is 2. The van der Waals surface area contributed by atoms with E-state index in [9.17, 15) is 9.59 Å². The molecule has 1 aliphatic rings. The number of hydrogen-bond acceptors (Lipinski definition) is 4. The minimum Gasteiger partial charge on any atom is -0.467 e. The van der Waals surface area contributed by atoms with Gasteiger partial charge in [-0.3, -0.25) is 4.79 Å². The molecule has 1 heterocycles. The number of methoxy groups -OCH3 is 1. The van der Waals surface area contributed by atoms with Crippen LogP contribution >= 0.6 is 0 Å². The second kappa shape index (κ2) is 7.81. The first kappa shape index (κ1) is 17.1. The number of carbonyl (C=O) groups excluding carboxylic acids is 2. The first-order valence-corrected chi connectivity index (χ1v) is 7.90. The van der Waals surface area contributed by atoms with Gasteiger partial charge in [-0.15, -0.1) is 0 Å². The zero-order valence-electron chi connectivity index (χ0n) is 13.8. The van der Waals surface area contributed by atoms with E-state index in [2.05, 4.69) is 10.6 Å². The van der Waals surface area contributed by atoms with Gasteiger partial charge in [-0.25, -0.2) is 4.79 Å². The number of ether oxygens (including phenoxy) is 1. The lowest BCUT2D eigenvalue weighted by atomic mass is 10.0. The van der Waals surface area contributed by atoms with E-state index < -0.39 is 6.04 Å². The van der Waals surface area contributed by atoms with Crippen LogP contribution in [-0.4, -0.2) is 31.1 Å². The second-order valence-corrected chi connectivity index (χ2v) is 6.20. The molecule has 5 nitrogen and oxygen atoms in total. The predicted octanol–water partition coefficient (Wildman–Crippen LogP) is 1.79. The lowest BCUT2D eigenvalue weighted by Gasteiger charge is -2.23. The van der Waals surface area contributed by atoms with Crippen molar-refractivity contribution in [3.63, 3.8) is 0 Å². The Morgan fingerprint density at radius 2 is 2.00 bits per heavy atom. The van der Waals surface area contributed by atoms with E-state index in [0.29, 0.717) is 18.8 Å².